The second-order valence-corrected chi connectivity index (χ2v) is 6.08. The fraction of sp³-hybridized carbons (Fsp3) is 0.400. The van der Waals surface area contributed by atoms with Crippen LogP contribution in [0.4, 0.5) is 0 Å². The lowest BCUT2D eigenvalue weighted by Gasteiger charge is -2.14. The first kappa shape index (κ1) is 15.8. The molecule has 2 aromatic rings. The van der Waals surface area contributed by atoms with Gasteiger partial charge in [0.25, 0.3) is 0 Å². The zero-order valence-corrected chi connectivity index (χ0v) is 14.0. The normalized spacial score (nSPS) is 10.9. The molecule has 21 heavy (non-hydrogen) atoms. The third-order valence-electron chi connectivity index (χ3n) is 4.19. The molecule has 0 aromatic heterocycles. The maximum atomic E-state index is 3.48. The van der Waals surface area contributed by atoms with E-state index < -0.39 is 0 Å². The standard InChI is InChI=1S/C20H27N/c1-6-9-21-13-18-8-7-14(2)20(12-18)19-11-16(4)15(3)10-17(19)5/h7-8,10-12,21H,6,9,13H2,1-5H3. The average Bonchev–Trinajstić information content (AvgIpc) is 2.45. The Bertz CT molecular complexity index is 626. The smallest absolute Gasteiger partial charge is 0.0205 e. The molecule has 0 aliphatic heterocycles. The summed E-state index contributed by atoms with van der Waals surface area (Å²) in [7, 11) is 0. The van der Waals surface area contributed by atoms with Gasteiger partial charge in [-0.3, -0.25) is 0 Å². The van der Waals surface area contributed by atoms with E-state index in [1.807, 2.05) is 0 Å². The van der Waals surface area contributed by atoms with Gasteiger partial charge in [-0.2, -0.15) is 0 Å². The minimum absolute atomic E-state index is 0.949. The highest BCUT2D eigenvalue weighted by Crippen LogP contribution is 2.29. The molecule has 0 saturated carbocycles. The topological polar surface area (TPSA) is 12.0 Å². The third kappa shape index (κ3) is 3.74. The molecule has 2 rings (SSSR count). The van der Waals surface area contributed by atoms with Crippen molar-refractivity contribution in [2.24, 2.45) is 0 Å². The summed E-state index contributed by atoms with van der Waals surface area (Å²) in [6, 6.07) is 11.4. The highest BCUT2D eigenvalue weighted by Gasteiger charge is 2.08. The van der Waals surface area contributed by atoms with Crippen LogP contribution in [0.25, 0.3) is 11.1 Å². The van der Waals surface area contributed by atoms with E-state index in [2.05, 4.69) is 70.3 Å². The molecule has 0 saturated heterocycles. The van der Waals surface area contributed by atoms with E-state index in [0.29, 0.717) is 0 Å². The molecule has 0 spiro atoms. The Morgan fingerprint density at radius 2 is 1.43 bits per heavy atom. The Morgan fingerprint density at radius 1 is 0.762 bits per heavy atom. The fourth-order valence-corrected chi connectivity index (χ4v) is 2.73. The first-order valence-electron chi connectivity index (χ1n) is 7.91. The number of nitrogens with one attached hydrogen (secondary N) is 1. The van der Waals surface area contributed by atoms with Crippen molar-refractivity contribution in [2.45, 2.75) is 47.6 Å². The SMILES string of the molecule is CCCNCc1ccc(C)c(-c2cc(C)c(C)cc2C)c1. The zero-order valence-electron chi connectivity index (χ0n) is 14.0. The second kappa shape index (κ2) is 6.91. The lowest BCUT2D eigenvalue weighted by atomic mass is 9.92. The Kier molecular flexibility index (Phi) is 5.19. The van der Waals surface area contributed by atoms with Crippen LogP contribution in [0.1, 0.15) is 41.2 Å². The van der Waals surface area contributed by atoms with E-state index >= 15 is 0 Å². The van der Waals surface area contributed by atoms with Crippen molar-refractivity contribution in [3.05, 3.63) is 58.1 Å². The van der Waals surface area contributed by atoms with E-state index in [-0.39, 0.29) is 0 Å². The molecule has 1 heteroatoms. The Balaban J connectivity index is 2.39. The van der Waals surface area contributed by atoms with Crippen molar-refractivity contribution in [3.8, 4) is 11.1 Å². The molecule has 0 atom stereocenters. The summed E-state index contributed by atoms with van der Waals surface area (Å²) in [6.07, 6.45) is 1.18. The predicted molar refractivity (Wildman–Crippen MR) is 92.8 cm³/mol. The quantitative estimate of drug-likeness (QED) is 0.753. The highest BCUT2D eigenvalue weighted by atomic mass is 14.8. The molecule has 112 valence electrons. The third-order valence-corrected chi connectivity index (χ3v) is 4.19. The summed E-state index contributed by atoms with van der Waals surface area (Å²) in [4.78, 5) is 0. The molecular formula is C20H27N. The van der Waals surface area contributed by atoms with Gasteiger partial charge < -0.3 is 5.32 Å². The Labute approximate surface area is 129 Å². The Hall–Kier alpha value is -1.60. The van der Waals surface area contributed by atoms with E-state index in [1.165, 1.54) is 45.4 Å². The largest absolute Gasteiger partial charge is 0.313 e. The van der Waals surface area contributed by atoms with Crippen molar-refractivity contribution < 1.29 is 0 Å². The summed E-state index contributed by atoms with van der Waals surface area (Å²) >= 11 is 0. The van der Waals surface area contributed by atoms with Crippen LogP contribution in [0.15, 0.2) is 30.3 Å². The monoisotopic (exact) mass is 281 g/mol. The summed E-state index contributed by atoms with van der Waals surface area (Å²) in [5.74, 6) is 0. The number of hydrogen-bond donors (Lipinski definition) is 1. The molecule has 0 radical (unpaired) electrons. The minimum Gasteiger partial charge on any atom is -0.313 e. The van der Waals surface area contributed by atoms with Crippen LogP contribution in [-0.2, 0) is 6.54 Å². The van der Waals surface area contributed by atoms with Gasteiger partial charge in [-0.25, -0.2) is 0 Å². The second-order valence-electron chi connectivity index (χ2n) is 6.08. The molecule has 0 aliphatic rings. The van der Waals surface area contributed by atoms with Crippen LogP contribution in [0.5, 0.6) is 0 Å². The van der Waals surface area contributed by atoms with E-state index in [0.717, 1.165) is 13.1 Å². The zero-order chi connectivity index (χ0) is 15.4. The van der Waals surface area contributed by atoms with E-state index in [1.54, 1.807) is 0 Å². The van der Waals surface area contributed by atoms with Gasteiger partial charge >= 0.3 is 0 Å². The fourth-order valence-electron chi connectivity index (χ4n) is 2.73. The first-order chi connectivity index (χ1) is 10.0. The predicted octanol–water partition coefficient (Wildman–Crippen LogP) is 5.09. The van der Waals surface area contributed by atoms with Crippen molar-refractivity contribution in [1.29, 1.82) is 0 Å². The molecule has 2 aromatic carbocycles. The molecule has 0 unspecified atom stereocenters. The molecule has 0 aliphatic carbocycles. The average molecular weight is 281 g/mol. The van der Waals surface area contributed by atoms with Gasteiger partial charge in [-0.15, -0.1) is 0 Å². The van der Waals surface area contributed by atoms with Crippen LogP contribution in [-0.4, -0.2) is 6.54 Å². The number of aryl methyl sites for hydroxylation is 4. The van der Waals surface area contributed by atoms with Crippen LogP contribution in [0.2, 0.25) is 0 Å². The van der Waals surface area contributed by atoms with Gasteiger partial charge in [-0.1, -0.05) is 31.2 Å². The molecule has 1 N–H and O–H groups in total. The number of hydrogen-bond acceptors (Lipinski definition) is 1. The summed E-state index contributed by atoms with van der Waals surface area (Å²) < 4.78 is 0. The minimum atomic E-state index is 0.949. The van der Waals surface area contributed by atoms with Gasteiger partial charge in [-0.05, 0) is 85.7 Å². The van der Waals surface area contributed by atoms with Crippen LogP contribution in [0.3, 0.4) is 0 Å². The lowest BCUT2D eigenvalue weighted by molar-refractivity contribution is 0.675. The van der Waals surface area contributed by atoms with Crippen LogP contribution < -0.4 is 5.32 Å². The number of rotatable bonds is 5. The summed E-state index contributed by atoms with van der Waals surface area (Å²) in [5.41, 5.74) is 9.54. The molecule has 0 fully saturated rings. The summed E-state index contributed by atoms with van der Waals surface area (Å²) in [6.45, 7) is 13.0. The molecule has 0 heterocycles. The van der Waals surface area contributed by atoms with Crippen molar-refractivity contribution in [1.82, 2.24) is 5.32 Å². The van der Waals surface area contributed by atoms with Crippen molar-refractivity contribution in [2.75, 3.05) is 6.54 Å². The van der Waals surface area contributed by atoms with E-state index in [4.69, 9.17) is 0 Å². The molecule has 0 amide bonds. The molecular weight excluding hydrogens is 254 g/mol. The van der Waals surface area contributed by atoms with Gasteiger partial charge in [0.1, 0.15) is 0 Å². The first-order valence-corrected chi connectivity index (χ1v) is 7.91. The van der Waals surface area contributed by atoms with Crippen LogP contribution in [0, 0.1) is 27.7 Å². The maximum Gasteiger partial charge on any atom is 0.0205 e. The van der Waals surface area contributed by atoms with Crippen molar-refractivity contribution in [3.63, 3.8) is 0 Å². The van der Waals surface area contributed by atoms with Gasteiger partial charge in [0.2, 0.25) is 0 Å². The molecule has 0 bridgehead atoms. The summed E-state index contributed by atoms with van der Waals surface area (Å²) in [5, 5.41) is 3.48. The highest BCUT2D eigenvalue weighted by molar-refractivity contribution is 5.72. The van der Waals surface area contributed by atoms with E-state index in [9.17, 15) is 0 Å². The number of benzene rings is 2. The lowest BCUT2D eigenvalue weighted by Crippen LogP contribution is -2.13. The molecule has 1 nitrogen and oxygen atoms in total. The van der Waals surface area contributed by atoms with Crippen LogP contribution >= 0.6 is 0 Å². The van der Waals surface area contributed by atoms with Gasteiger partial charge in [0, 0.05) is 6.54 Å². The maximum absolute atomic E-state index is 3.48. The van der Waals surface area contributed by atoms with Gasteiger partial charge in [0.05, 0.1) is 0 Å². The van der Waals surface area contributed by atoms with Gasteiger partial charge in [0.15, 0.2) is 0 Å². The van der Waals surface area contributed by atoms with Crippen molar-refractivity contribution >= 4 is 0 Å². The Morgan fingerprint density at radius 3 is 2.14 bits per heavy atom.